The Kier molecular flexibility index (Phi) is 1.60. The van der Waals surface area contributed by atoms with Gasteiger partial charge in [0, 0.05) is 12.1 Å². The van der Waals surface area contributed by atoms with Crippen LogP contribution in [0.25, 0.3) is 5.57 Å². The second kappa shape index (κ2) is 2.62. The van der Waals surface area contributed by atoms with E-state index in [9.17, 15) is 4.48 Å². The second-order valence-corrected chi connectivity index (χ2v) is 2.91. The average Bonchev–Trinajstić information content (AvgIpc) is 2.33. The van der Waals surface area contributed by atoms with E-state index in [1.54, 1.807) is 0 Å². The van der Waals surface area contributed by atoms with E-state index < -0.39 is 0 Å². The first-order chi connectivity index (χ1) is 5.77. The lowest BCUT2D eigenvalue weighted by Crippen LogP contribution is -2.00. The molecule has 1 aromatic rings. The van der Waals surface area contributed by atoms with Crippen LogP contribution in [0.5, 0.6) is 0 Å². The number of aromatic nitrogens is 2. The summed E-state index contributed by atoms with van der Waals surface area (Å²) in [4.78, 5) is 0.328. The normalized spacial score (nSPS) is 16.6. The van der Waals surface area contributed by atoms with Crippen molar-refractivity contribution in [3.05, 3.63) is 18.3 Å². The largest absolute Gasteiger partial charge is 0.368 e. The Morgan fingerprint density at radius 2 is 2.50 bits per heavy atom. The summed E-state index contributed by atoms with van der Waals surface area (Å²) in [5.41, 5.74) is 1.76. The molecule has 0 unspecified atom stereocenters. The highest BCUT2D eigenvalue weighted by Crippen LogP contribution is 2.27. The molecule has 0 saturated carbocycles. The topological polar surface area (TPSA) is 29.9 Å². The van der Waals surface area contributed by atoms with Gasteiger partial charge in [-0.15, -0.1) is 10.0 Å². The smallest absolute Gasteiger partial charge is 0.158 e. The molecular formula is C8H10FN3. The third-order valence-electron chi connectivity index (χ3n) is 2.01. The van der Waals surface area contributed by atoms with Crippen molar-refractivity contribution in [1.82, 2.24) is 10.0 Å². The first kappa shape index (κ1) is 7.34. The molecule has 12 heavy (non-hydrogen) atoms. The Bertz CT molecular complexity index is 316. The first-order valence-corrected chi connectivity index (χ1v) is 3.95. The van der Waals surface area contributed by atoms with Crippen LogP contribution in [0.15, 0.2) is 12.8 Å². The zero-order valence-corrected chi connectivity index (χ0v) is 6.68. The lowest BCUT2D eigenvalue weighted by atomic mass is 10.1. The van der Waals surface area contributed by atoms with Crippen LogP contribution in [0.4, 0.5) is 10.3 Å². The minimum Gasteiger partial charge on any atom is -0.368 e. The molecule has 2 rings (SSSR count). The van der Waals surface area contributed by atoms with Crippen molar-refractivity contribution in [2.24, 2.45) is 0 Å². The molecule has 2 heterocycles. The Balaban J connectivity index is 2.44. The Labute approximate surface area is 69.8 Å². The molecule has 0 fully saturated rings. The Morgan fingerprint density at radius 1 is 1.67 bits per heavy atom. The quantitative estimate of drug-likeness (QED) is 0.638. The molecule has 0 amide bonds. The fourth-order valence-electron chi connectivity index (χ4n) is 1.38. The van der Waals surface area contributed by atoms with Gasteiger partial charge in [0.15, 0.2) is 5.82 Å². The van der Waals surface area contributed by atoms with Crippen LogP contribution in [0, 0.1) is 0 Å². The molecule has 0 radical (unpaired) electrons. The van der Waals surface area contributed by atoms with Crippen molar-refractivity contribution in [3.63, 3.8) is 0 Å². The van der Waals surface area contributed by atoms with Gasteiger partial charge in [0.2, 0.25) is 0 Å². The van der Waals surface area contributed by atoms with Crippen LogP contribution >= 0.6 is 0 Å². The summed E-state index contributed by atoms with van der Waals surface area (Å²) in [6.45, 7) is 4.71. The molecule has 0 spiro atoms. The van der Waals surface area contributed by atoms with E-state index in [4.69, 9.17) is 0 Å². The van der Waals surface area contributed by atoms with Crippen LogP contribution < -0.4 is 5.32 Å². The molecule has 0 bridgehead atoms. The Hall–Kier alpha value is -1.32. The summed E-state index contributed by atoms with van der Waals surface area (Å²) in [5, 5.41) is 6.68. The van der Waals surface area contributed by atoms with Gasteiger partial charge in [0.25, 0.3) is 0 Å². The maximum atomic E-state index is 12.6. The van der Waals surface area contributed by atoms with E-state index in [1.807, 2.05) is 0 Å². The van der Waals surface area contributed by atoms with Gasteiger partial charge in [0.1, 0.15) is 0 Å². The number of rotatable bonds is 0. The number of anilines is 1. The molecule has 3 nitrogen and oxygen atoms in total. The van der Waals surface area contributed by atoms with E-state index in [-0.39, 0.29) is 0 Å². The van der Waals surface area contributed by atoms with E-state index in [0.717, 1.165) is 30.5 Å². The molecule has 1 aliphatic rings. The van der Waals surface area contributed by atoms with Crippen molar-refractivity contribution in [3.8, 4) is 0 Å². The average molecular weight is 167 g/mol. The molecule has 1 N–H and O–H groups in total. The van der Waals surface area contributed by atoms with Gasteiger partial charge in [-0.25, -0.2) is 0 Å². The number of fused-ring (bicyclic) bond motifs is 1. The zero-order chi connectivity index (χ0) is 8.55. The summed E-state index contributed by atoms with van der Waals surface area (Å²) in [5.74, 6) is 0.611. The SMILES string of the molecule is C=C1CCCNc2nn(F)cc21. The van der Waals surface area contributed by atoms with E-state index >= 15 is 0 Å². The van der Waals surface area contributed by atoms with Gasteiger partial charge < -0.3 is 5.32 Å². The standard InChI is InChI=1S/C8H10FN3/c1-6-3-2-4-10-8-7(6)5-12(9)11-8/h5H,1-4H2,(H,10,11). The van der Waals surface area contributed by atoms with Gasteiger partial charge in [-0.2, -0.15) is 0 Å². The zero-order valence-electron chi connectivity index (χ0n) is 6.68. The van der Waals surface area contributed by atoms with Crippen LogP contribution in [0.2, 0.25) is 0 Å². The van der Waals surface area contributed by atoms with Crippen molar-refractivity contribution >= 4 is 11.4 Å². The van der Waals surface area contributed by atoms with Crippen molar-refractivity contribution < 1.29 is 4.48 Å². The number of nitrogens with zero attached hydrogens (tertiary/aromatic N) is 2. The van der Waals surface area contributed by atoms with E-state index in [1.165, 1.54) is 6.20 Å². The Morgan fingerprint density at radius 3 is 3.33 bits per heavy atom. The minimum atomic E-state index is 0.328. The molecule has 1 aliphatic heterocycles. The monoisotopic (exact) mass is 167 g/mol. The lowest BCUT2D eigenvalue weighted by molar-refractivity contribution is 0.317. The predicted molar refractivity (Wildman–Crippen MR) is 45.5 cm³/mol. The van der Waals surface area contributed by atoms with Crippen LogP contribution in [0.1, 0.15) is 18.4 Å². The maximum Gasteiger partial charge on any atom is 0.158 e. The van der Waals surface area contributed by atoms with E-state index in [2.05, 4.69) is 17.0 Å². The minimum absolute atomic E-state index is 0.328. The van der Waals surface area contributed by atoms with Crippen molar-refractivity contribution in [2.45, 2.75) is 12.8 Å². The van der Waals surface area contributed by atoms with Crippen LogP contribution in [0.3, 0.4) is 0 Å². The maximum absolute atomic E-state index is 12.6. The second-order valence-electron chi connectivity index (χ2n) is 2.91. The van der Waals surface area contributed by atoms with Crippen LogP contribution in [-0.2, 0) is 0 Å². The number of allylic oxidation sites excluding steroid dienone is 1. The highest BCUT2D eigenvalue weighted by atomic mass is 19.2. The third-order valence-corrected chi connectivity index (χ3v) is 2.01. The molecule has 4 heteroatoms. The summed E-state index contributed by atoms with van der Waals surface area (Å²) in [6, 6.07) is 0. The van der Waals surface area contributed by atoms with Gasteiger partial charge >= 0.3 is 0 Å². The number of hydrogen-bond acceptors (Lipinski definition) is 2. The fourth-order valence-corrected chi connectivity index (χ4v) is 1.38. The van der Waals surface area contributed by atoms with Crippen molar-refractivity contribution in [1.29, 1.82) is 0 Å². The molecule has 0 aromatic carbocycles. The highest BCUT2D eigenvalue weighted by Gasteiger charge is 2.14. The number of hydrogen-bond donors (Lipinski definition) is 1. The van der Waals surface area contributed by atoms with Crippen LogP contribution in [-0.4, -0.2) is 16.5 Å². The van der Waals surface area contributed by atoms with Gasteiger partial charge in [-0.05, 0) is 18.4 Å². The molecule has 0 aliphatic carbocycles. The van der Waals surface area contributed by atoms with Crippen molar-refractivity contribution in [2.75, 3.05) is 11.9 Å². The molecule has 1 aromatic heterocycles. The molecule has 0 atom stereocenters. The molecular weight excluding hydrogens is 157 g/mol. The predicted octanol–water partition coefficient (Wildman–Crippen LogP) is 1.83. The third kappa shape index (κ3) is 1.09. The summed E-state index contributed by atoms with van der Waals surface area (Å²) < 4.78 is 12.6. The fraction of sp³-hybridized carbons (Fsp3) is 0.375. The van der Waals surface area contributed by atoms with Gasteiger partial charge in [0.05, 0.1) is 6.20 Å². The van der Waals surface area contributed by atoms with Gasteiger partial charge in [-0.3, -0.25) is 0 Å². The number of halogens is 1. The highest BCUT2D eigenvalue weighted by molar-refractivity contribution is 5.73. The summed E-state index contributed by atoms with van der Waals surface area (Å²) in [6.07, 6.45) is 3.29. The molecule has 0 saturated heterocycles. The molecule has 64 valence electrons. The summed E-state index contributed by atoms with van der Waals surface area (Å²) in [7, 11) is 0. The van der Waals surface area contributed by atoms with Gasteiger partial charge in [-0.1, -0.05) is 11.1 Å². The first-order valence-electron chi connectivity index (χ1n) is 3.95. The lowest BCUT2D eigenvalue weighted by Gasteiger charge is -1.96. The number of nitrogens with one attached hydrogen (secondary N) is 1. The summed E-state index contributed by atoms with van der Waals surface area (Å²) >= 11 is 0. The van der Waals surface area contributed by atoms with E-state index in [0.29, 0.717) is 10.7 Å².